The van der Waals surface area contributed by atoms with E-state index in [1.54, 1.807) is 20.8 Å². The minimum atomic E-state index is -4.05. The first-order valence-corrected chi connectivity index (χ1v) is 11.1. The van der Waals surface area contributed by atoms with Gasteiger partial charge in [0.25, 0.3) is 5.69 Å². The van der Waals surface area contributed by atoms with Gasteiger partial charge in [-0.2, -0.15) is 4.31 Å². The van der Waals surface area contributed by atoms with E-state index in [1.807, 2.05) is 0 Å². The quantitative estimate of drug-likeness (QED) is 0.554. The van der Waals surface area contributed by atoms with Gasteiger partial charge < -0.3 is 0 Å². The molecule has 0 heterocycles. The van der Waals surface area contributed by atoms with Crippen molar-refractivity contribution >= 4 is 25.7 Å². The first-order valence-electron chi connectivity index (χ1n) is 8.13. The summed E-state index contributed by atoms with van der Waals surface area (Å²) in [5.74, 6) is 0. The Morgan fingerprint density at radius 1 is 1.07 bits per heavy atom. The fraction of sp³-hybridized carbons (Fsp3) is 0.294. The van der Waals surface area contributed by atoms with Crippen molar-refractivity contribution in [2.24, 2.45) is 5.14 Å². The second kappa shape index (κ2) is 7.59. The molecule has 0 bridgehead atoms. The van der Waals surface area contributed by atoms with Crippen LogP contribution in [0.15, 0.2) is 46.2 Å². The highest BCUT2D eigenvalue weighted by Gasteiger charge is 2.30. The number of sulfonamides is 2. The van der Waals surface area contributed by atoms with E-state index in [-0.39, 0.29) is 15.5 Å². The van der Waals surface area contributed by atoms with E-state index >= 15 is 0 Å². The van der Waals surface area contributed by atoms with Gasteiger partial charge in [-0.25, -0.2) is 22.0 Å². The lowest BCUT2D eigenvalue weighted by Crippen LogP contribution is -2.30. The zero-order valence-electron chi connectivity index (χ0n) is 15.8. The van der Waals surface area contributed by atoms with Crippen LogP contribution >= 0.6 is 0 Å². The van der Waals surface area contributed by atoms with E-state index < -0.39 is 31.0 Å². The van der Waals surface area contributed by atoms with Crippen LogP contribution in [0.3, 0.4) is 0 Å². The maximum atomic E-state index is 13.1. The molecule has 0 aliphatic heterocycles. The molecular formula is C17H21N3O6S2. The molecule has 0 aliphatic rings. The van der Waals surface area contributed by atoms with Crippen LogP contribution in [-0.2, 0) is 20.0 Å². The molecule has 28 heavy (non-hydrogen) atoms. The molecular weight excluding hydrogens is 406 g/mol. The molecule has 2 aromatic carbocycles. The molecule has 2 rings (SSSR count). The number of benzene rings is 2. The Kier molecular flexibility index (Phi) is 5.95. The molecule has 0 aliphatic carbocycles. The van der Waals surface area contributed by atoms with Crippen molar-refractivity contribution in [3.63, 3.8) is 0 Å². The number of primary sulfonamides is 1. The number of hydrogen-bond donors (Lipinski definition) is 1. The molecule has 152 valence electrons. The molecule has 0 saturated carbocycles. The lowest BCUT2D eigenvalue weighted by molar-refractivity contribution is -0.385. The van der Waals surface area contributed by atoms with Gasteiger partial charge in [0.2, 0.25) is 20.0 Å². The van der Waals surface area contributed by atoms with Crippen molar-refractivity contribution < 1.29 is 21.8 Å². The molecule has 0 aromatic heterocycles. The van der Waals surface area contributed by atoms with E-state index in [2.05, 4.69) is 0 Å². The highest BCUT2D eigenvalue weighted by atomic mass is 32.2. The third kappa shape index (κ3) is 4.22. The Bertz CT molecular complexity index is 1130. The predicted molar refractivity (Wildman–Crippen MR) is 104 cm³/mol. The topological polar surface area (TPSA) is 141 Å². The highest BCUT2D eigenvalue weighted by molar-refractivity contribution is 7.89. The summed E-state index contributed by atoms with van der Waals surface area (Å²) in [5.41, 5.74) is 1.15. The van der Waals surface area contributed by atoms with Crippen LogP contribution < -0.4 is 5.14 Å². The Labute approximate surface area is 164 Å². The Balaban J connectivity index is 2.47. The minimum Gasteiger partial charge on any atom is -0.258 e. The van der Waals surface area contributed by atoms with E-state index in [1.165, 1.54) is 37.4 Å². The average molecular weight is 428 g/mol. The summed E-state index contributed by atoms with van der Waals surface area (Å²) < 4.78 is 50.0. The molecule has 0 radical (unpaired) electrons. The molecule has 2 N–H and O–H groups in total. The molecule has 9 nitrogen and oxygen atoms in total. The molecule has 0 spiro atoms. The third-order valence-corrected chi connectivity index (χ3v) is 7.69. The van der Waals surface area contributed by atoms with E-state index in [9.17, 15) is 26.9 Å². The maximum absolute atomic E-state index is 13.1. The fourth-order valence-corrected chi connectivity index (χ4v) is 4.87. The van der Waals surface area contributed by atoms with Crippen molar-refractivity contribution in [2.75, 3.05) is 7.05 Å². The van der Waals surface area contributed by atoms with Crippen molar-refractivity contribution in [3.05, 3.63) is 63.2 Å². The first-order chi connectivity index (χ1) is 12.8. The van der Waals surface area contributed by atoms with Crippen LogP contribution in [0.25, 0.3) is 0 Å². The summed E-state index contributed by atoms with van der Waals surface area (Å²) in [7, 11) is -6.54. The van der Waals surface area contributed by atoms with E-state index in [0.29, 0.717) is 16.7 Å². The summed E-state index contributed by atoms with van der Waals surface area (Å²) in [6, 6.07) is 7.26. The zero-order chi connectivity index (χ0) is 21.4. The number of nitrogens with zero attached hydrogens (tertiary/aromatic N) is 2. The maximum Gasteiger partial charge on any atom is 0.271 e. The number of nitrogens with two attached hydrogens (primary N) is 1. The predicted octanol–water partition coefficient (Wildman–Crippen LogP) is 2.24. The summed E-state index contributed by atoms with van der Waals surface area (Å²) >= 11 is 0. The summed E-state index contributed by atoms with van der Waals surface area (Å²) in [6.07, 6.45) is 0. The second-order valence-electron chi connectivity index (χ2n) is 6.45. The standard InChI is InChI=1S/C17H21N3O6S2/c1-11-9-15(20(21)22)10-17(12(11)2)28(25,26)19(4)13(3)14-5-7-16(8-6-14)27(18,23)24/h5-10,13H,1-4H3,(H2,18,23,24). The van der Waals surface area contributed by atoms with Crippen molar-refractivity contribution in [1.29, 1.82) is 0 Å². The van der Waals surface area contributed by atoms with Crippen molar-refractivity contribution in [2.45, 2.75) is 36.6 Å². The normalized spacial score (nSPS) is 13.5. The van der Waals surface area contributed by atoms with Crippen LogP contribution in [-0.4, -0.2) is 33.1 Å². The number of nitro benzene ring substituents is 1. The molecule has 1 atom stereocenters. The van der Waals surface area contributed by atoms with Gasteiger partial charge in [0.05, 0.1) is 14.7 Å². The molecule has 11 heteroatoms. The molecule has 0 amide bonds. The van der Waals surface area contributed by atoms with Crippen molar-refractivity contribution in [1.82, 2.24) is 4.31 Å². The molecule has 0 saturated heterocycles. The Morgan fingerprint density at radius 2 is 1.61 bits per heavy atom. The summed E-state index contributed by atoms with van der Waals surface area (Å²) in [5, 5.41) is 16.2. The van der Waals surface area contributed by atoms with Gasteiger partial charge in [0, 0.05) is 25.2 Å². The average Bonchev–Trinajstić information content (AvgIpc) is 2.61. The lowest BCUT2D eigenvalue weighted by Gasteiger charge is -2.26. The minimum absolute atomic E-state index is 0.0842. The number of rotatable bonds is 6. The van der Waals surface area contributed by atoms with Gasteiger partial charge in [-0.15, -0.1) is 0 Å². The number of nitro groups is 1. The van der Waals surface area contributed by atoms with Gasteiger partial charge >= 0.3 is 0 Å². The van der Waals surface area contributed by atoms with Gasteiger partial charge in [-0.1, -0.05) is 12.1 Å². The molecule has 2 aromatic rings. The second-order valence-corrected chi connectivity index (χ2v) is 9.98. The van der Waals surface area contributed by atoms with Crippen LogP contribution in [0.4, 0.5) is 5.69 Å². The van der Waals surface area contributed by atoms with Crippen molar-refractivity contribution in [3.8, 4) is 0 Å². The Morgan fingerprint density at radius 3 is 2.07 bits per heavy atom. The first kappa shape index (κ1) is 22.0. The monoisotopic (exact) mass is 427 g/mol. The van der Waals surface area contributed by atoms with Gasteiger partial charge in [0.1, 0.15) is 0 Å². The highest BCUT2D eigenvalue weighted by Crippen LogP contribution is 2.31. The van der Waals surface area contributed by atoms with E-state index in [0.717, 1.165) is 10.4 Å². The van der Waals surface area contributed by atoms with Crippen LogP contribution in [0.2, 0.25) is 0 Å². The largest absolute Gasteiger partial charge is 0.271 e. The van der Waals surface area contributed by atoms with Crippen LogP contribution in [0.1, 0.15) is 29.7 Å². The summed E-state index contributed by atoms with van der Waals surface area (Å²) in [6.45, 7) is 4.82. The third-order valence-electron chi connectivity index (χ3n) is 4.71. The van der Waals surface area contributed by atoms with E-state index in [4.69, 9.17) is 5.14 Å². The van der Waals surface area contributed by atoms with Crippen LogP contribution in [0, 0.1) is 24.0 Å². The SMILES string of the molecule is Cc1cc([N+](=O)[O-])cc(S(=O)(=O)N(C)C(C)c2ccc(S(N)(=O)=O)cc2)c1C. The Hall–Kier alpha value is -2.34. The number of aryl methyl sites for hydroxylation is 1. The van der Waals surface area contributed by atoms with Gasteiger partial charge in [-0.05, 0) is 49.6 Å². The zero-order valence-corrected chi connectivity index (χ0v) is 17.4. The smallest absolute Gasteiger partial charge is 0.258 e. The number of hydrogen-bond acceptors (Lipinski definition) is 6. The summed E-state index contributed by atoms with van der Waals surface area (Å²) in [4.78, 5) is 10.3. The lowest BCUT2D eigenvalue weighted by atomic mass is 10.1. The van der Waals surface area contributed by atoms with Crippen LogP contribution in [0.5, 0.6) is 0 Å². The molecule has 1 unspecified atom stereocenters. The molecule has 0 fully saturated rings. The fourth-order valence-electron chi connectivity index (χ4n) is 2.69. The van der Waals surface area contributed by atoms with Gasteiger partial charge in [-0.3, -0.25) is 10.1 Å². The van der Waals surface area contributed by atoms with Gasteiger partial charge in [0.15, 0.2) is 0 Å². The number of non-ortho nitro benzene ring substituents is 1.